The van der Waals surface area contributed by atoms with Crippen LogP contribution in [0.2, 0.25) is 5.15 Å². The maximum Gasteiger partial charge on any atom is 0.347 e. The summed E-state index contributed by atoms with van der Waals surface area (Å²) in [6.45, 7) is 6.64. The van der Waals surface area contributed by atoms with Crippen molar-refractivity contribution in [1.82, 2.24) is 9.97 Å². The lowest BCUT2D eigenvalue weighted by Crippen LogP contribution is -2.38. The van der Waals surface area contributed by atoms with Crippen molar-refractivity contribution >= 4 is 27.3 Å². The number of aryl methyl sites for hydroxylation is 1. The summed E-state index contributed by atoms with van der Waals surface area (Å²) < 4.78 is 68.3. The lowest BCUT2D eigenvalue weighted by molar-refractivity contribution is -0.188. The molecule has 0 saturated carbocycles. The van der Waals surface area contributed by atoms with E-state index >= 15 is 0 Å². The fourth-order valence-electron chi connectivity index (χ4n) is 3.22. The number of anilines is 1. The zero-order chi connectivity index (χ0) is 21.1. The predicted octanol–water partition coefficient (Wildman–Crippen LogP) is 2.43. The number of sulfone groups is 1. The molecule has 3 heterocycles. The van der Waals surface area contributed by atoms with Crippen molar-refractivity contribution in [2.75, 3.05) is 11.6 Å². The Kier molecular flexibility index (Phi) is 5.37. The third kappa shape index (κ3) is 4.09. The second-order valence-corrected chi connectivity index (χ2v) is 9.95. The normalized spacial score (nSPS) is 29.7. The zero-order valence-electron chi connectivity index (χ0n) is 16.0. The first-order valence-electron chi connectivity index (χ1n) is 8.56. The van der Waals surface area contributed by atoms with Crippen molar-refractivity contribution in [2.45, 2.75) is 69.7 Å². The molecule has 0 aliphatic carbocycles. The molecule has 2 saturated heterocycles. The molecule has 2 fully saturated rings. The lowest BCUT2D eigenvalue weighted by atomic mass is 10.1. The van der Waals surface area contributed by atoms with E-state index in [1.165, 1.54) is 0 Å². The average molecular weight is 442 g/mol. The summed E-state index contributed by atoms with van der Waals surface area (Å²) >= 11 is 6.07. The Morgan fingerprint density at radius 3 is 2.43 bits per heavy atom. The van der Waals surface area contributed by atoms with Gasteiger partial charge >= 0.3 is 5.25 Å². The highest BCUT2D eigenvalue weighted by atomic mass is 35.5. The maximum atomic E-state index is 14.1. The summed E-state index contributed by atoms with van der Waals surface area (Å²) in [5, 5.41) is -0.719. The molecule has 4 atom stereocenters. The van der Waals surface area contributed by atoms with Gasteiger partial charge in [-0.15, -0.1) is 0 Å². The van der Waals surface area contributed by atoms with E-state index in [0.717, 1.165) is 0 Å². The fourth-order valence-corrected chi connectivity index (χ4v) is 3.90. The van der Waals surface area contributed by atoms with E-state index in [1.54, 1.807) is 27.7 Å². The van der Waals surface area contributed by atoms with Gasteiger partial charge in [0.25, 0.3) is 0 Å². The van der Waals surface area contributed by atoms with E-state index < -0.39 is 51.8 Å². The van der Waals surface area contributed by atoms with Crippen LogP contribution in [-0.2, 0) is 24.0 Å². The first-order chi connectivity index (χ1) is 12.7. The number of halogens is 3. The lowest BCUT2D eigenvalue weighted by Gasteiger charge is -2.26. The largest absolute Gasteiger partial charge is 0.349 e. The van der Waals surface area contributed by atoms with Gasteiger partial charge in [-0.25, -0.2) is 18.4 Å². The number of hydrogen-bond donors (Lipinski definition) is 1. The molecule has 2 aliphatic heterocycles. The molecule has 0 radical (unpaired) electrons. The van der Waals surface area contributed by atoms with Crippen LogP contribution in [0.1, 0.15) is 31.7 Å². The van der Waals surface area contributed by atoms with Crippen LogP contribution in [0.15, 0.2) is 0 Å². The van der Waals surface area contributed by atoms with E-state index in [9.17, 15) is 17.2 Å². The van der Waals surface area contributed by atoms with Gasteiger partial charge in [0.15, 0.2) is 12.0 Å². The van der Waals surface area contributed by atoms with Gasteiger partial charge in [0, 0.05) is 11.8 Å². The average Bonchev–Trinajstić information content (AvgIpc) is 2.98. The van der Waals surface area contributed by atoms with Crippen LogP contribution in [0.4, 0.5) is 14.6 Å². The number of hydrogen-bond acceptors (Lipinski definition) is 8. The monoisotopic (exact) mass is 441 g/mol. The van der Waals surface area contributed by atoms with Gasteiger partial charge in [0.1, 0.15) is 29.0 Å². The first kappa shape index (κ1) is 21.6. The molecule has 2 aliphatic rings. The molecular formula is C16H22ClF2N3O5S. The zero-order valence-corrected chi connectivity index (χ0v) is 17.6. The summed E-state index contributed by atoms with van der Waals surface area (Å²) in [6.07, 6.45) is -4.28. The number of nitrogens with one attached hydrogen (secondary N) is 1. The molecule has 3 rings (SSSR count). The van der Waals surface area contributed by atoms with Crippen LogP contribution in [0.5, 0.6) is 0 Å². The topological polar surface area (TPSA) is 99.6 Å². The number of alkyl halides is 2. The molecule has 0 bridgehead atoms. The first-order valence-corrected chi connectivity index (χ1v) is 10.8. The molecule has 1 N–H and O–H groups in total. The fraction of sp³-hybridized carbons (Fsp3) is 0.750. The molecule has 158 valence electrons. The van der Waals surface area contributed by atoms with Crippen molar-refractivity contribution in [3.05, 3.63) is 16.5 Å². The number of aromatic nitrogens is 2. The van der Waals surface area contributed by atoms with Crippen molar-refractivity contribution < 1.29 is 31.4 Å². The smallest absolute Gasteiger partial charge is 0.347 e. The molecule has 0 amide bonds. The van der Waals surface area contributed by atoms with Crippen LogP contribution in [0.25, 0.3) is 0 Å². The van der Waals surface area contributed by atoms with E-state index in [2.05, 4.69) is 15.3 Å². The summed E-state index contributed by atoms with van der Waals surface area (Å²) in [4.78, 5) is 8.30. The molecule has 0 spiro atoms. The Labute approximate surface area is 166 Å². The van der Waals surface area contributed by atoms with Crippen molar-refractivity contribution in [3.8, 4) is 0 Å². The Morgan fingerprint density at radius 2 is 1.82 bits per heavy atom. The van der Waals surface area contributed by atoms with E-state index in [1.807, 2.05) is 0 Å². The number of rotatable bonds is 5. The van der Waals surface area contributed by atoms with Gasteiger partial charge in [0.05, 0.1) is 12.5 Å². The minimum absolute atomic E-state index is 0.244. The molecule has 28 heavy (non-hydrogen) atoms. The second-order valence-electron chi connectivity index (χ2n) is 7.45. The van der Waals surface area contributed by atoms with Gasteiger partial charge in [-0.3, -0.25) is 0 Å². The van der Waals surface area contributed by atoms with Gasteiger partial charge in [0.2, 0.25) is 9.84 Å². The molecule has 0 unspecified atom stereocenters. The predicted molar refractivity (Wildman–Crippen MR) is 97.0 cm³/mol. The van der Waals surface area contributed by atoms with E-state index in [-0.39, 0.29) is 5.15 Å². The van der Waals surface area contributed by atoms with Crippen LogP contribution in [0.3, 0.4) is 0 Å². The molecule has 1 aromatic heterocycles. The summed E-state index contributed by atoms with van der Waals surface area (Å²) in [7, 11) is -4.61. The summed E-state index contributed by atoms with van der Waals surface area (Å²) in [5.41, 5.74) is 0.551. The van der Waals surface area contributed by atoms with Crippen molar-refractivity contribution in [2.24, 2.45) is 0 Å². The molecular weight excluding hydrogens is 420 g/mol. The Bertz CT molecular complexity index is 883. The summed E-state index contributed by atoms with van der Waals surface area (Å²) in [6, 6.07) is 0. The minimum atomic E-state index is -4.61. The standard InChI is InChI=1S/C16H22ClF2N3O5S/c1-7-12(17)20-8(2)21-13(7)22-14-11-10(26-15(3,4)27-11)9(25-14)6-16(18,19)28(5,23)24/h9-11,14H,6H2,1-5H3,(H,20,21,22)/t9-,10-,11-,14-/m1/s1. The molecule has 0 aromatic carbocycles. The highest BCUT2D eigenvalue weighted by Gasteiger charge is 2.58. The van der Waals surface area contributed by atoms with E-state index in [0.29, 0.717) is 23.5 Å². The number of fused-ring (bicyclic) bond motifs is 1. The number of ether oxygens (including phenoxy) is 3. The third-order valence-electron chi connectivity index (χ3n) is 4.61. The molecule has 8 nitrogen and oxygen atoms in total. The van der Waals surface area contributed by atoms with Crippen LogP contribution >= 0.6 is 11.6 Å². The van der Waals surface area contributed by atoms with Crippen LogP contribution in [-0.4, -0.2) is 60.2 Å². The van der Waals surface area contributed by atoms with Crippen LogP contribution in [0, 0.1) is 13.8 Å². The van der Waals surface area contributed by atoms with Crippen LogP contribution < -0.4 is 5.32 Å². The minimum Gasteiger partial charge on any atom is -0.349 e. The quantitative estimate of drug-likeness (QED) is 0.695. The second kappa shape index (κ2) is 6.98. The Balaban J connectivity index is 1.87. The Hall–Kier alpha value is -1.14. The highest BCUT2D eigenvalue weighted by molar-refractivity contribution is 7.91. The van der Waals surface area contributed by atoms with Gasteiger partial charge in [-0.05, 0) is 27.7 Å². The SMILES string of the molecule is Cc1nc(Cl)c(C)c(N[C@@H]2O[C@H](CC(F)(F)S(C)(=O)=O)[C@H]3OC(C)(C)O[C@H]32)n1. The molecule has 1 aromatic rings. The third-order valence-corrected chi connectivity index (χ3v) is 6.23. The van der Waals surface area contributed by atoms with Crippen molar-refractivity contribution in [3.63, 3.8) is 0 Å². The Morgan fingerprint density at radius 1 is 1.21 bits per heavy atom. The van der Waals surface area contributed by atoms with Gasteiger partial charge < -0.3 is 19.5 Å². The number of nitrogens with zero attached hydrogens (tertiary/aromatic N) is 2. The summed E-state index contributed by atoms with van der Waals surface area (Å²) in [5.74, 6) is -0.256. The maximum absolute atomic E-state index is 14.1. The molecule has 12 heteroatoms. The highest BCUT2D eigenvalue weighted by Crippen LogP contribution is 2.43. The van der Waals surface area contributed by atoms with Gasteiger partial charge in [-0.1, -0.05) is 11.6 Å². The van der Waals surface area contributed by atoms with Gasteiger partial charge in [-0.2, -0.15) is 8.78 Å². The van der Waals surface area contributed by atoms with Crippen molar-refractivity contribution in [1.29, 1.82) is 0 Å². The van der Waals surface area contributed by atoms with E-state index in [4.69, 9.17) is 25.8 Å².